The molecule has 0 radical (unpaired) electrons. The normalized spacial score (nSPS) is 15.1. The molecule has 0 aliphatic carbocycles. The maximum atomic E-state index is 12.5. The van der Waals surface area contributed by atoms with Crippen molar-refractivity contribution in [3.8, 4) is 6.07 Å². The van der Waals surface area contributed by atoms with Crippen molar-refractivity contribution < 1.29 is 9.59 Å². The zero-order valence-electron chi connectivity index (χ0n) is 14.5. The van der Waals surface area contributed by atoms with Crippen LogP contribution in [0.2, 0.25) is 0 Å². The number of fused-ring (bicyclic) bond motifs is 1. The minimum Gasteiger partial charge on any atom is -0.352 e. The fraction of sp³-hybridized carbons (Fsp3) is 0.190. The van der Waals surface area contributed by atoms with Crippen LogP contribution in [0, 0.1) is 11.3 Å². The highest BCUT2D eigenvalue weighted by molar-refractivity contribution is 5.81. The fourth-order valence-corrected chi connectivity index (χ4v) is 3.06. The summed E-state index contributed by atoms with van der Waals surface area (Å²) >= 11 is 0. The molecule has 1 aliphatic rings. The predicted octanol–water partition coefficient (Wildman–Crippen LogP) is 3.14. The largest absolute Gasteiger partial charge is 0.352 e. The maximum Gasteiger partial charge on any atom is 0.223 e. The Morgan fingerprint density at radius 2 is 1.88 bits per heavy atom. The molecule has 1 aliphatic heterocycles. The van der Waals surface area contributed by atoms with E-state index in [4.69, 9.17) is 5.26 Å². The molecule has 2 amide bonds. The second-order valence-electron chi connectivity index (χ2n) is 6.18. The van der Waals surface area contributed by atoms with Crippen LogP contribution in [-0.4, -0.2) is 16.7 Å². The molecule has 3 rings (SSSR count). The molecule has 1 atom stereocenters. The number of nitriles is 1. The number of amides is 2. The van der Waals surface area contributed by atoms with Crippen molar-refractivity contribution in [2.75, 3.05) is 0 Å². The van der Waals surface area contributed by atoms with Crippen LogP contribution in [0.1, 0.15) is 41.6 Å². The molecule has 0 saturated carbocycles. The number of rotatable bonds is 4. The lowest BCUT2D eigenvalue weighted by Gasteiger charge is -2.32. The summed E-state index contributed by atoms with van der Waals surface area (Å²) < 4.78 is 0. The lowest BCUT2D eigenvalue weighted by atomic mass is 9.93. The Balaban J connectivity index is 1.69. The molecule has 2 aromatic rings. The zero-order chi connectivity index (χ0) is 18.5. The van der Waals surface area contributed by atoms with E-state index in [9.17, 15) is 9.59 Å². The molecule has 1 unspecified atom stereocenters. The van der Waals surface area contributed by atoms with Gasteiger partial charge in [0, 0.05) is 19.7 Å². The van der Waals surface area contributed by atoms with Gasteiger partial charge in [-0.2, -0.15) is 5.26 Å². The molecule has 0 fully saturated rings. The van der Waals surface area contributed by atoms with Gasteiger partial charge in [-0.3, -0.25) is 9.59 Å². The van der Waals surface area contributed by atoms with E-state index in [1.807, 2.05) is 42.5 Å². The summed E-state index contributed by atoms with van der Waals surface area (Å²) in [4.78, 5) is 26.0. The first-order chi connectivity index (χ1) is 12.6. The van der Waals surface area contributed by atoms with Gasteiger partial charge in [-0.25, -0.2) is 0 Å². The van der Waals surface area contributed by atoms with Crippen molar-refractivity contribution in [1.82, 2.24) is 10.2 Å². The summed E-state index contributed by atoms with van der Waals surface area (Å²) in [5.74, 6) is -0.226. The summed E-state index contributed by atoms with van der Waals surface area (Å²) in [5.41, 5.74) is 3.50. The molecule has 26 heavy (non-hydrogen) atoms. The van der Waals surface area contributed by atoms with E-state index < -0.39 is 0 Å². The summed E-state index contributed by atoms with van der Waals surface area (Å²) in [6.07, 6.45) is 3.82. The Bertz CT molecular complexity index is 894. The van der Waals surface area contributed by atoms with Gasteiger partial charge >= 0.3 is 0 Å². The molecular formula is C21H19N3O2. The number of hydrogen-bond acceptors (Lipinski definition) is 3. The van der Waals surface area contributed by atoms with Crippen molar-refractivity contribution in [1.29, 1.82) is 5.26 Å². The van der Waals surface area contributed by atoms with Crippen LogP contribution < -0.4 is 5.32 Å². The first-order valence-corrected chi connectivity index (χ1v) is 8.40. The van der Waals surface area contributed by atoms with Crippen molar-refractivity contribution in [2.24, 2.45) is 0 Å². The molecule has 130 valence electrons. The molecule has 0 bridgehead atoms. The fourth-order valence-electron chi connectivity index (χ4n) is 3.06. The van der Waals surface area contributed by atoms with Crippen LogP contribution >= 0.6 is 0 Å². The number of carbonyl (C=O) groups excluding carboxylic acids is 2. The monoisotopic (exact) mass is 345 g/mol. The Morgan fingerprint density at radius 3 is 2.58 bits per heavy atom. The van der Waals surface area contributed by atoms with Crippen molar-refractivity contribution in [3.05, 3.63) is 77.0 Å². The molecule has 5 heteroatoms. The minimum absolute atomic E-state index is 0.0966. The third-order valence-electron chi connectivity index (χ3n) is 4.42. The molecule has 2 aromatic carbocycles. The molecular weight excluding hydrogens is 326 g/mol. The van der Waals surface area contributed by atoms with E-state index in [0.717, 1.165) is 16.7 Å². The average molecular weight is 345 g/mol. The smallest absolute Gasteiger partial charge is 0.223 e. The summed E-state index contributed by atoms with van der Waals surface area (Å²) in [5, 5.41) is 11.7. The number of nitrogens with one attached hydrogen (secondary N) is 1. The maximum absolute atomic E-state index is 12.5. The summed E-state index contributed by atoms with van der Waals surface area (Å²) in [6.45, 7) is 1.88. The van der Waals surface area contributed by atoms with Crippen molar-refractivity contribution in [3.63, 3.8) is 0 Å². The summed E-state index contributed by atoms with van der Waals surface area (Å²) in [6, 6.07) is 16.6. The standard InChI is InChI=1S/C21H19N3O2/c1-15(25)24-11-10-18-4-2-3-5-19(18)20(24)12-21(26)23-14-17-8-6-16(13-22)7-9-17/h2-11,20H,12,14H2,1H3,(H,23,26). The first kappa shape index (κ1) is 17.4. The van der Waals surface area contributed by atoms with Gasteiger partial charge in [0.25, 0.3) is 0 Å². The molecule has 0 spiro atoms. The van der Waals surface area contributed by atoms with Crippen LogP contribution in [0.5, 0.6) is 0 Å². The van der Waals surface area contributed by atoms with Crippen LogP contribution in [0.15, 0.2) is 54.7 Å². The van der Waals surface area contributed by atoms with E-state index in [2.05, 4.69) is 11.4 Å². The number of hydrogen-bond donors (Lipinski definition) is 1. The third-order valence-corrected chi connectivity index (χ3v) is 4.42. The van der Waals surface area contributed by atoms with Gasteiger partial charge in [0.15, 0.2) is 0 Å². The molecule has 0 saturated heterocycles. The van der Waals surface area contributed by atoms with E-state index in [0.29, 0.717) is 12.1 Å². The Kier molecular flexibility index (Phi) is 5.14. The van der Waals surface area contributed by atoms with Gasteiger partial charge in [-0.1, -0.05) is 36.4 Å². The van der Waals surface area contributed by atoms with Gasteiger partial charge in [0.1, 0.15) is 0 Å². The first-order valence-electron chi connectivity index (χ1n) is 8.40. The molecule has 1 heterocycles. The molecule has 1 N–H and O–H groups in total. The third kappa shape index (κ3) is 3.81. The predicted molar refractivity (Wildman–Crippen MR) is 98.4 cm³/mol. The number of carbonyl (C=O) groups is 2. The quantitative estimate of drug-likeness (QED) is 0.925. The van der Waals surface area contributed by atoms with Gasteiger partial charge < -0.3 is 10.2 Å². The number of nitrogens with zero attached hydrogens (tertiary/aromatic N) is 2. The second-order valence-corrected chi connectivity index (χ2v) is 6.18. The van der Waals surface area contributed by atoms with Gasteiger partial charge in [-0.05, 0) is 34.9 Å². The Hall–Kier alpha value is -3.39. The van der Waals surface area contributed by atoms with Crippen LogP contribution in [-0.2, 0) is 16.1 Å². The number of benzene rings is 2. The van der Waals surface area contributed by atoms with Gasteiger partial charge in [0.05, 0.1) is 24.1 Å². The Labute approximate surface area is 152 Å². The molecule has 5 nitrogen and oxygen atoms in total. The lowest BCUT2D eigenvalue weighted by molar-refractivity contribution is -0.130. The SMILES string of the molecule is CC(=O)N1C=Cc2ccccc2C1CC(=O)NCc1ccc(C#N)cc1. The Morgan fingerprint density at radius 1 is 1.15 bits per heavy atom. The van der Waals surface area contributed by atoms with Crippen LogP contribution in [0.3, 0.4) is 0 Å². The van der Waals surface area contributed by atoms with E-state index in [1.165, 1.54) is 6.92 Å². The van der Waals surface area contributed by atoms with E-state index >= 15 is 0 Å². The van der Waals surface area contributed by atoms with Gasteiger partial charge in [0.2, 0.25) is 11.8 Å². The van der Waals surface area contributed by atoms with Crippen molar-refractivity contribution >= 4 is 17.9 Å². The van der Waals surface area contributed by atoms with Gasteiger partial charge in [-0.15, -0.1) is 0 Å². The van der Waals surface area contributed by atoms with Crippen molar-refractivity contribution in [2.45, 2.75) is 25.9 Å². The molecule has 0 aromatic heterocycles. The highest BCUT2D eigenvalue weighted by Gasteiger charge is 2.27. The van der Waals surface area contributed by atoms with Crippen LogP contribution in [0.25, 0.3) is 6.08 Å². The minimum atomic E-state index is -0.310. The van der Waals surface area contributed by atoms with E-state index in [-0.39, 0.29) is 24.3 Å². The van der Waals surface area contributed by atoms with E-state index in [1.54, 1.807) is 23.2 Å². The lowest BCUT2D eigenvalue weighted by Crippen LogP contribution is -2.35. The zero-order valence-corrected chi connectivity index (χ0v) is 14.5. The highest BCUT2D eigenvalue weighted by Crippen LogP contribution is 2.32. The second kappa shape index (κ2) is 7.66. The van der Waals surface area contributed by atoms with Crippen LogP contribution in [0.4, 0.5) is 0 Å². The average Bonchev–Trinajstić information content (AvgIpc) is 2.66. The topological polar surface area (TPSA) is 73.2 Å². The summed E-state index contributed by atoms with van der Waals surface area (Å²) in [7, 11) is 0. The highest BCUT2D eigenvalue weighted by atomic mass is 16.2.